The summed E-state index contributed by atoms with van der Waals surface area (Å²) in [6.07, 6.45) is 0.210. The zero-order valence-corrected chi connectivity index (χ0v) is 5.73. The van der Waals surface area contributed by atoms with Crippen LogP contribution in [0, 0.1) is 0 Å². The molecule has 0 heterocycles. The third-order valence-electron chi connectivity index (χ3n) is 0.653. The van der Waals surface area contributed by atoms with E-state index < -0.39 is 0 Å². The lowest BCUT2D eigenvalue weighted by molar-refractivity contribution is -0.144. The van der Waals surface area contributed by atoms with E-state index in [-0.39, 0.29) is 31.5 Å². The van der Waals surface area contributed by atoms with Crippen molar-refractivity contribution in [2.45, 2.75) is 6.42 Å². The van der Waals surface area contributed by atoms with E-state index in [0.717, 1.165) is 0 Å². The Hall–Kier alpha value is -0.280. The van der Waals surface area contributed by atoms with Crippen LogP contribution in [-0.2, 0) is 9.53 Å². The highest BCUT2D eigenvalue weighted by molar-refractivity contribution is 6.18. The van der Waals surface area contributed by atoms with Crippen LogP contribution in [0.1, 0.15) is 6.42 Å². The molecule has 0 rings (SSSR count). The van der Waals surface area contributed by atoms with E-state index in [0.29, 0.717) is 0 Å². The SMILES string of the molecule is O=C(CCCl)OCCO. The summed E-state index contributed by atoms with van der Waals surface area (Å²) in [5.41, 5.74) is 0. The van der Waals surface area contributed by atoms with E-state index in [1.807, 2.05) is 0 Å². The Kier molecular flexibility index (Phi) is 5.67. The van der Waals surface area contributed by atoms with Crippen LogP contribution < -0.4 is 0 Å². The molecule has 0 aromatic rings. The Balaban J connectivity index is 3.06. The molecule has 0 aromatic carbocycles. The highest BCUT2D eigenvalue weighted by Gasteiger charge is 1.98. The van der Waals surface area contributed by atoms with Crippen molar-refractivity contribution in [3.63, 3.8) is 0 Å². The van der Waals surface area contributed by atoms with Gasteiger partial charge < -0.3 is 9.84 Å². The molecule has 0 saturated heterocycles. The van der Waals surface area contributed by atoms with E-state index in [2.05, 4.69) is 4.74 Å². The van der Waals surface area contributed by atoms with Crippen LogP contribution in [-0.4, -0.2) is 30.2 Å². The molecule has 0 spiro atoms. The average Bonchev–Trinajstić information content (AvgIpc) is 1.85. The van der Waals surface area contributed by atoms with Crippen LogP contribution in [0.15, 0.2) is 0 Å². The van der Waals surface area contributed by atoms with Crippen molar-refractivity contribution in [3.8, 4) is 0 Å². The molecule has 0 unspecified atom stereocenters. The van der Waals surface area contributed by atoms with Gasteiger partial charge >= 0.3 is 5.97 Å². The molecule has 0 saturated carbocycles. The number of hydrogen-bond donors (Lipinski definition) is 1. The number of hydrogen-bond acceptors (Lipinski definition) is 3. The predicted octanol–water partition coefficient (Wildman–Crippen LogP) is 0.151. The number of esters is 1. The first-order chi connectivity index (χ1) is 4.31. The molecule has 0 fully saturated rings. The molecule has 4 heteroatoms. The maximum absolute atomic E-state index is 10.4. The molecular formula is C5H9ClO3. The van der Waals surface area contributed by atoms with Gasteiger partial charge in [-0.25, -0.2) is 0 Å². The molecule has 9 heavy (non-hydrogen) atoms. The maximum Gasteiger partial charge on any atom is 0.307 e. The second kappa shape index (κ2) is 5.85. The number of aliphatic hydroxyl groups is 1. The quantitative estimate of drug-likeness (QED) is 0.461. The molecule has 0 aliphatic heterocycles. The monoisotopic (exact) mass is 152 g/mol. The second-order valence-electron chi connectivity index (χ2n) is 1.38. The first-order valence-corrected chi connectivity index (χ1v) is 3.17. The third kappa shape index (κ3) is 5.59. The van der Waals surface area contributed by atoms with Crippen molar-refractivity contribution in [2.75, 3.05) is 19.1 Å². The number of aliphatic hydroxyl groups excluding tert-OH is 1. The fourth-order valence-corrected chi connectivity index (χ4v) is 0.463. The minimum atomic E-state index is -0.362. The normalized spacial score (nSPS) is 9.11. The van der Waals surface area contributed by atoms with Gasteiger partial charge in [0.05, 0.1) is 13.0 Å². The van der Waals surface area contributed by atoms with Crippen molar-refractivity contribution in [3.05, 3.63) is 0 Å². The third-order valence-corrected chi connectivity index (χ3v) is 0.842. The number of rotatable bonds is 4. The number of alkyl halides is 1. The summed E-state index contributed by atoms with van der Waals surface area (Å²) >= 11 is 5.21. The molecule has 0 aliphatic rings. The fourth-order valence-electron chi connectivity index (χ4n) is 0.309. The molecule has 0 aliphatic carbocycles. The summed E-state index contributed by atoms with van der Waals surface area (Å²) in [5, 5.41) is 8.17. The van der Waals surface area contributed by atoms with Crippen LogP contribution in [0.2, 0.25) is 0 Å². The van der Waals surface area contributed by atoms with E-state index in [9.17, 15) is 4.79 Å². The lowest BCUT2D eigenvalue weighted by Gasteiger charge is -1.98. The van der Waals surface area contributed by atoms with E-state index >= 15 is 0 Å². The minimum absolute atomic E-state index is 0.0652. The van der Waals surface area contributed by atoms with Gasteiger partial charge in [0, 0.05) is 5.88 Å². The second-order valence-corrected chi connectivity index (χ2v) is 1.76. The predicted molar refractivity (Wildman–Crippen MR) is 33.4 cm³/mol. The van der Waals surface area contributed by atoms with Gasteiger partial charge in [0.2, 0.25) is 0 Å². The topological polar surface area (TPSA) is 46.5 Å². The van der Waals surface area contributed by atoms with Gasteiger partial charge in [0.15, 0.2) is 0 Å². The number of halogens is 1. The Morgan fingerprint density at radius 2 is 2.33 bits per heavy atom. The van der Waals surface area contributed by atoms with Crippen molar-refractivity contribution < 1.29 is 14.6 Å². The number of carbonyl (C=O) groups excluding carboxylic acids is 1. The average molecular weight is 153 g/mol. The lowest BCUT2D eigenvalue weighted by atomic mass is 10.5. The van der Waals surface area contributed by atoms with Crippen LogP contribution in [0.5, 0.6) is 0 Å². The van der Waals surface area contributed by atoms with E-state index in [1.165, 1.54) is 0 Å². The summed E-state index contributed by atoms with van der Waals surface area (Å²) < 4.78 is 4.46. The van der Waals surface area contributed by atoms with Crippen molar-refractivity contribution in [1.82, 2.24) is 0 Å². The number of carbonyl (C=O) groups is 1. The van der Waals surface area contributed by atoms with Gasteiger partial charge in [-0.1, -0.05) is 0 Å². The van der Waals surface area contributed by atoms with Crippen LogP contribution in [0.3, 0.4) is 0 Å². The van der Waals surface area contributed by atoms with Crippen LogP contribution in [0.4, 0.5) is 0 Å². The minimum Gasteiger partial charge on any atom is -0.463 e. The molecule has 54 valence electrons. The molecule has 0 amide bonds. The van der Waals surface area contributed by atoms with E-state index in [4.69, 9.17) is 16.7 Å². The fraction of sp³-hybridized carbons (Fsp3) is 0.800. The summed E-state index contributed by atoms with van der Waals surface area (Å²) in [4.78, 5) is 10.4. The Bertz CT molecular complexity index is 84.3. The molecule has 1 N–H and O–H groups in total. The standard InChI is InChI=1S/C5H9ClO3/c6-2-1-5(8)9-4-3-7/h7H,1-4H2. The van der Waals surface area contributed by atoms with E-state index in [1.54, 1.807) is 0 Å². The van der Waals surface area contributed by atoms with Gasteiger partial charge in [0.1, 0.15) is 6.61 Å². The number of ether oxygens (including phenoxy) is 1. The maximum atomic E-state index is 10.4. The Labute approximate surface area is 58.6 Å². The highest BCUT2D eigenvalue weighted by atomic mass is 35.5. The van der Waals surface area contributed by atoms with Crippen molar-refractivity contribution >= 4 is 17.6 Å². The molecule has 3 nitrogen and oxygen atoms in total. The van der Waals surface area contributed by atoms with Crippen LogP contribution in [0.25, 0.3) is 0 Å². The summed E-state index contributed by atoms with van der Waals surface area (Å²) in [6.45, 7) is -0.0657. The summed E-state index contributed by atoms with van der Waals surface area (Å²) in [7, 11) is 0. The van der Waals surface area contributed by atoms with Gasteiger partial charge in [-0.2, -0.15) is 0 Å². The molecule has 0 aromatic heterocycles. The summed E-state index contributed by atoms with van der Waals surface area (Å²) in [5.74, 6) is -0.0939. The molecule has 0 bridgehead atoms. The molecule has 0 radical (unpaired) electrons. The van der Waals surface area contributed by atoms with Gasteiger partial charge in [-0.3, -0.25) is 4.79 Å². The largest absolute Gasteiger partial charge is 0.463 e. The molecule has 0 atom stereocenters. The van der Waals surface area contributed by atoms with Gasteiger partial charge in [0.25, 0.3) is 0 Å². The van der Waals surface area contributed by atoms with Gasteiger partial charge in [-0.15, -0.1) is 11.6 Å². The van der Waals surface area contributed by atoms with Crippen LogP contribution >= 0.6 is 11.6 Å². The highest BCUT2D eigenvalue weighted by Crippen LogP contribution is 1.87. The first kappa shape index (κ1) is 8.72. The zero-order chi connectivity index (χ0) is 7.11. The summed E-state index contributed by atoms with van der Waals surface area (Å²) in [6, 6.07) is 0. The smallest absolute Gasteiger partial charge is 0.307 e. The molecular weight excluding hydrogens is 144 g/mol. The van der Waals surface area contributed by atoms with Gasteiger partial charge in [-0.05, 0) is 0 Å². The zero-order valence-electron chi connectivity index (χ0n) is 4.97. The Morgan fingerprint density at radius 3 is 2.78 bits per heavy atom. The lowest BCUT2D eigenvalue weighted by Crippen LogP contribution is -2.08. The first-order valence-electron chi connectivity index (χ1n) is 2.63. The Morgan fingerprint density at radius 1 is 1.67 bits per heavy atom. The van der Waals surface area contributed by atoms with Crippen molar-refractivity contribution in [1.29, 1.82) is 0 Å². The van der Waals surface area contributed by atoms with Crippen molar-refractivity contribution in [2.24, 2.45) is 0 Å².